The molecule has 0 fully saturated rings. The number of rotatable bonds is 8. The molecule has 0 atom stereocenters. The first-order valence-corrected chi connectivity index (χ1v) is 10.5. The van der Waals surface area contributed by atoms with Crippen molar-refractivity contribution in [1.82, 2.24) is 5.43 Å². The molecule has 4 aromatic rings. The summed E-state index contributed by atoms with van der Waals surface area (Å²) in [5, 5.41) is 14.7. The van der Waals surface area contributed by atoms with E-state index in [9.17, 15) is 14.9 Å². The number of ether oxygens (including phenoxy) is 1. The lowest BCUT2D eigenvalue weighted by Gasteiger charge is -2.12. The summed E-state index contributed by atoms with van der Waals surface area (Å²) in [6.45, 7) is 0.358. The minimum absolute atomic E-state index is 0.0422. The number of hydrogen-bond acceptors (Lipinski definition) is 5. The topological polar surface area (TPSA) is 93.8 Å². The smallest absolute Gasteiger partial charge is 0.271 e. The van der Waals surface area contributed by atoms with Crippen LogP contribution in [0.4, 0.5) is 5.69 Å². The molecule has 0 aliphatic heterocycles. The molecular weight excluding hydrogens is 430 g/mol. The monoisotopic (exact) mass is 451 g/mol. The van der Waals surface area contributed by atoms with E-state index in [0.717, 1.165) is 22.4 Å². The molecule has 0 radical (unpaired) electrons. The quantitative estimate of drug-likeness (QED) is 0.214. The second-order valence-electron chi connectivity index (χ2n) is 7.40. The van der Waals surface area contributed by atoms with E-state index in [2.05, 4.69) is 10.5 Å². The van der Waals surface area contributed by atoms with E-state index in [4.69, 9.17) is 4.74 Å². The van der Waals surface area contributed by atoms with E-state index in [1.54, 1.807) is 24.3 Å². The van der Waals surface area contributed by atoms with Crippen LogP contribution in [0.2, 0.25) is 0 Å². The number of carbonyl (C=O) groups excluding carboxylic acids is 1. The number of non-ortho nitro benzene ring substituents is 1. The van der Waals surface area contributed by atoms with Crippen LogP contribution < -0.4 is 10.2 Å². The fourth-order valence-corrected chi connectivity index (χ4v) is 3.31. The molecule has 7 nitrogen and oxygen atoms in total. The van der Waals surface area contributed by atoms with Gasteiger partial charge in [-0.1, -0.05) is 72.8 Å². The van der Waals surface area contributed by atoms with Gasteiger partial charge in [0.15, 0.2) is 0 Å². The molecule has 0 saturated heterocycles. The Morgan fingerprint density at radius 2 is 1.65 bits per heavy atom. The Hall–Kier alpha value is -4.78. The zero-order valence-electron chi connectivity index (χ0n) is 18.1. The summed E-state index contributed by atoms with van der Waals surface area (Å²) in [6, 6.07) is 30.9. The Morgan fingerprint density at radius 1 is 0.912 bits per heavy atom. The number of benzene rings is 4. The average Bonchev–Trinajstić information content (AvgIpc) is 2.88. The van der Waals surface area contributed by atoms with Crippen LogP contribution in [0.25, 0.3) is 11.1 Å². The summed E-state index contributed by atoms with van der Waals surface area (Å²) in [6.07, 6.45) is 1.36. The Morgan fingerprint density at radius 3 is 2.41 bits per heavy atom. The normalized spacial score (nSPS) is 10.7. The minimum atomic E-state index is -0.485. The van der Waals surface area contributed by atoms with Gasteiger partial charge in [0.2, 0.25) is 0 Å². The third-order valence-corrected chi connectivity index (χ3v) is 5.04. The Kier molecular flexibility index (Phi) is 7.05. The fourth-order valence-electron chi connectivity index (χ4n) is 3.31. The number of nitrogens with zero attached hydrogens (tertiary/aromatic N) is 2. The van der Waals surface area contributed by atoms with E-state index >= 15 is 0 Å². The standard InChI is InChI=1S/C27H21N3O4/c31-27(29-28-18-21-7-6-10-24(17-21)30(32)33)23-15-13-20(14-16-23)19-34-26-12-5-4-11-25(26)22-8-2-1-3-9-22/h1-18H,19H2,(H,29,31)/b28-18-. The molecule has 4 aromatic carbocycles. The number of nitrogens with one attached hydrogen (secondary N) is 1. The minimum Gasteiger partial charge on any atom is -0.488 e. The lowest BCUT2D eigenvalue weighted by atomic mass is 10.0. The third-order valence-electron chi connectivity index (χ3n) is 5.04. The maximum absolute atomic E-state index is 12.3. The first-order chi connectivity index (χ1) is 16.6. The van der Waals surface area contributed by atoms with E-state index in [-0.39, 0.29) is 11.6 Å². The number of nitro groups is 1. The van der Waals surface area contributed by atoms with Crippen molar-refractivity contribution >= 4 is 17.8 Å². The van der Waals surface area contributed by atoms with Crippen molar-refractivity contribution < 1.29 is 14.5 Å². The van der Waals surface area contributed by atoms with Crippen LogP contribution in [0.1, 0.15) is 21.5 Å². The summed E-state index contributed by atoms with van der Waals surface area (Å²) >= 11 is 0. The van der Waals surface area contributed by atoms with Gasteiger partial charge < -0.3 is 4.74 Å². The SMILES string of the molecule is O=C(N/N=C\c1cccc([N+](=O)[O-])c1)c1ccc(COc2ccccc2-c2ccccc2)cc1. The summed E-state index contributed by atoms with van der Waals surface area (Å²) in [7, 11) is 0. The summed E-state index contributed by atoms with van der Waals surface area (Å²) in [5.74, 6) is 0.398. The molecule has 1 amide bonds. The van der Waals surface area contributed by atoms with Crippen LogP contribution in [-0.4, -0.2) is 17.0 Å². The highest BCUT2D eigenvalue weighted by atomic mass is 16.6. The van der Waals surface area contributed by atoms with Crippen LogP contribution in [0.5, 0.6) is 5.75 Å². The maximum atomic E-state index is 12.3. The fraction of sp³-hybridized carbons (Fsp3) is 0.0370. The molecule has 34 heavy (non-hydrogen) atoms. The van der Waals surface area contributed by atoms with E-state index in [1.165, 1.54) is 18.3 Å². The largest absolute Gasteiger partial charge is 0.488 e. The predicted molar refractivity (Wildman–Crippen MR) is 131 cm³/mol. The molecule has 0 saturated carbocycles. The van der Waals surface area contributed by atoms with E-state index in [0.29, 0.717) is 17.7 Å². The summed E-state index contributed by atoms with van der Waals surface area (Å²) in [5.41, 5.74) is 6.34. The van der Waals surface area contributed by atoms with Crippen molar-refractivity contribution in [3.05, 3.63) is 130 Å². The molecule has 0 aliphatic rings. The Balaban J connectivity index is 1.35. The van der Waals surface area contributed by atoms with Crippen molar-refractivity contribution in [2.45, 2.75) is 6.61 Å². The van der Waals surface area contributed by atoms with Crippen molar-refractivity contribution in [1.29, 1.82) is 0 Å². The summed E-state index contributed by atoms with van der Waals surface area (Å²) < 4.78 is 6.05. The third kappa shape index (κ3) is 5.72. The molecule has 0 aromatic heterocycles. The highest BCUT2D eigenvalue weighted by Gasteiger charge is 2.08. The van der Waals surface area contributed by atoms with Crippen molar-refractivity contribution in [2.24, 2.45) is 5.10 Å². The van der Waals surface area contributed by atoms with Crippen molar-refractivity contribution in [3.8, 4) is 16.9 Å². The van der Waals surface area contributed by atoms with Crippen LogP contribution >= 0.6 is 0 Å². The van der Waals surface area contributed by atoms with Crippen LogP contribution in [0.3, 0.4) is 0 Å². The van der Waals surface area contributed by atoms with Crippen LogP contribution in [0, 0.1) is 10.1 Å². The zero-order valence-corrected chi connectivity index (χ0v) is 18.1. The molecule has 0 unspecified atom stereocenters. The number of hydrazone groups is 1. The predicted octanol–water partition coefficient (Wildman–Crippen LogP) is 5.60. The Bertz CT molecular complexity index is 1320. The second kappa shape index (κ2) is 10.7. The van der Waals surface area contributed by atoms with Gasteiger partial charge in [-0.25, -0.2) is 5.43 Å². The first-order valence-electron chi connectivity index (χ1n) is 10.5. The molecule has 0 heterocycles. The molecular formula is C27H21N3O4. The van der Waals surface area contributed by atoms with Crippen molar-refractivity contribution in [2.75, 3.05) is 0 Å². The van der Waals surface area contributed by atoms with Crippen molar-refractivity contribution in [3.63, 3.8) is 0 Å². The first kappa shape index (κ1) is 22.4. The molecule has 0 bridgehead atoms. The van der Waals surface area contributed by atoms with Gasteiger partial charge >= 0.3 is 0 Å². The highest BCUT2D eigenvalue weighted by molar-refractivity contribution is 5.94. The maximum Gasteiger partial charge on any atom is 0.271 e. The molecule has 7 heteroatoms. The Labute approximate surface area is 196 Å². The number of carbonyl (C=O) groups is 1. The van der Waals surface area contributed by atoms with Gasteiger partial charge in [0.25, 0.3) is 11.6 Å². The van der Waals surface area contributed by atoms with Gasteiger partial charge in [0.05, 0.1) is 11.1 Å². The number of para-hydroxylation sites is 1. The molecule has 168 valence electrons. The molecule has 1 N–H and O–H groups in total. The van der Waals surface area contributed by atoms with Gasteiger partial charge in [-0.05, 0) is 29.3 Å². The molecule has 4 rings (SSSR count). The van der Waals surface area contributed by atoms with Gasteiger partial charge in [0.1, 0.15) is 12.4 Å². The zero-order chi connectivity index (χ0) is 23.8. The van der Waals surface area contributed by atoms with Gasteiger partial charge in [-0.2, -0.15) is 5.10 Å². The lowest BCUT2D eigenvalue weighted by Crippen LogP contribution is -2.17. The number of hydrogen-bond donors (Lipinski definition) is 1. The van der Waals surface area contributed by atoms with Gasteiger partial charge in [-0.3, -0.25) is 14.9 Å². The lowest BCUT2D eigenvalue weighted by molar-refractivity contribution is -0.384. The number of amides is 1. The van der Waals surface area contributed by atoms with Gasteiger partial charge in [0, 0.05) is 28.8 Å². The average molecular weight is 451 g/mol. The number of nitro benzene ring substituents is 1. The van der Waals surface area contributed by atoms with E-state index < -0.39 is 4.92 Å². The second-order valence-corrected chi connectivity index (χ2v) is 7.40. The highest BCUT2D eigenvalue weighted by Crippen LogP contribution is 2.30. The molecule has 0 aliphatic carbocycles. The van der Waals surface area contributed by atoms with Crippen LogP contribution in [-0.2, 0) is 6.61 Å². The van der Waals surface area contributed by atoms with Gasteiger partial charge in [-0.15, -0.1) is 0 Å². The molecule has 0 spiro atoms. The summed E-state index contributed by atoms with van der Waals surface area (Å²) in [4.78, 5) is 22.7. The van der Waals surface area contributed by atoms with E-state index in [1.807, 2.05) is 66.7 Å². The van der Waals surface area contributed by atoms with Crippen LogP contribution in [0.15, 0.2) is 108 Å².